The number of aliphatic carboxylic acids is 1. The van der Waals surface area contributed by atoms with E-state index in [2.05, 4.69) is 42.0 Å². The summed E-state index contributed by atoms with van der Waals surface area (Å²) in [7, 11) is 0. The molecule has 14 heteroatoms. The van der Waals surface area contributed by atoms with E-state index in [1.807, 2.05) is 37.3 Å². The number of carboxylic acids is 1. The number of alkyl carbamates (subject to hydrolysis) is 1. The third kappa shape index (κ3) is 7.37. The number of tetrazole rings is 1. The van der Waals surface area contributed by atoms with Crippen LogP contribution in [0, 0.1) is 12.8 Å². The molecule has 5 atom stereocenters. The first-order valence-corrected chi connectivity index (χ1v) is 16.1. The SMILES string of the molecule is Cc1cc(-c2nnn([C@H]3C[C@H]4C(=O)N[C@@]5(C(=O)O)C[C@H]5/C=C\CCCCC[C@H](NC(=O)OC(C)(C)C)C(=O)N4C3)n2)ccc1Br. The average Bonchev–Trinajstić information content (AvgIpc) is 3.28. The minimum absolute atomic E-state index is 0.0714. The topological polar surface area (TPSA) is 169 Å². The molecule has 1 saturated carbocycles. The number of hydrogen-bond donors (Lipinski definition) is 3. The molecule has 1 aliphatic carbocycles. The summed E-state index contributed by atoms with van der Waals surface area (Å²) in [5.74, 6) is -2.07. The highest BCUT2D eigenvalue weighted by atomic mass is 79.9. The highest BCUT2D eigenvalue weighted by Crippen LogP contribution is 2.45. The van der Waals surface area contributed by atoms with E-state index in [1.54, 1.807) is 20.8 Å². The number of rotatable bonds is 4. The van der Waals surface area contributed by atoms with Crippen LogP contribution >= 0.6 is 15.9 Å². The number of allylic oxidation sites excluding steroid dienone is 1. The van der Waals surface area contributed by atoms with Crippen LogP contribution in [0.4, 0.5) is 4.79 Å². The second-order valence-corrected chi connectivity index (χ2v) is 14.0. The van der Waals surface area contributed by atoms with E-state index < -0.39 is 53.1 Å². The highest BCUT2D eigenvalue weighted by molar-refractivity contribution is 9.10. The van der Waals surface area contributed by atoms with Crippen molar-refractivity contribution in [2.24, 2.45) is 5.92 Å². The Kier molecular flexibility index (Phi) is 9.33. The Morgan fingerprint density at radius 2 is 1.98 bits per heavy atom. The molecule has 0 radical (unpaired) electrons. The highest BCUT2D eigenvalue weighted by Gasteiger charge is 2.61. The number of fused-ring (bicyclic) bond motifs is 2. The summed E-state index contributed by atoms with van der Waals surface area (Å²) < 4.78 is 6.40. The fraction of sp³-hybridized carbons (Fsp3) is 0.581. The minimum Gasteiger partial charge on any atom is -0.479 e. The van der Waals surface area contributed by atoms with Crippen LogP contribution < -0.4 is 10.6 Å². The molecule has 0 bridgehead atoms. The third-order valence-corrected chi connectivity index (χ3v) is 9.39. The zero-order valence-corrected chi connectivity index (χ0v) is 27.5. The number of halogens is 1. The predicted molar refractivity (Wildman–Crippen MR) is 167 cm³/mol. The van der Waals surface area contributed by atoms with E-state index in [1.165, 1.54) is 9.70 Å². The second kappa shape index (κ2) is 12.9. The Hall–Kier alpha value is -3.81. The van der Waals surface area contributed by atoms with Crippen LogP contribution in [-0.4, -0.2) is 83.9 Å². The number of carbonyl (C=O) groups excluding carboxylic acids is 3. The molecule has 3 N–H and O–H groups in total. The standard InChI is InChI=1S/C31H40BrN7O6/c1-18-14-19(12-13-22(18)32)25-35-37-39(36-25)21-15-24-26(40)34-31(28(42)43)16-20(31)10-8-6-5-7-9-11-23(27(41)38(24)17-21)33-29(44)45-30(2,3)4/h8,10,12-14,20-21,23-24H,5-7,9,11,15-17H2,1-4H3,(H,33,44)(H,34,40)(H,42,43)/b10-8-/t20-,21+,23+,24+,31+/m1/s1. The normalized spacial score (nSPS) is 28.2. The lowest BCUT2D eigenvalue weighted by atomic mass is 10.0. The number of ether oxygens (including phenoxy) is 1. The molecule has 0 unspecified atom stereocenters. The van der Waals surface area contributed by atoms with Crippen molar-refractivity contribution in [3.05, 3.63) is 40.4 Å². The Morgan fingerprint density at radius 1 is 1.20 bits per heavy atom. The van der Waals surface area contributed by atoms with Gasteiger partial charge in [0.2, 0.25) is 17.6 Å². The summed E-state index contributed by atoms with van der Waals surface area (Å²) in [4.78, 5) is 56.0. The number of aromatic nitrogens is 4. The molecule has 2 aliphatic heterocycles. The summed E-state index contributed by atoms with van der Waals surface area (Å²) in [5.41, 5.74) is -0.424. The zero-order valence-electron chi connectivity index (χ0n) is 26.0. The Labute approximate surface area is 270 Å². The molecule has 1 saturated heterocycles. The number of carboxylic acid groups (broad SMARTS) is 1. The number of hydrogen-bond acceptors (Lipinski definition) is 8. The monoisotopic (exact) mass is 685 g/mol. The maximum Gasteiger partial charge on any atom is 0.408 e. The van der Waals surface area contributed by atoms with Crippen molar-refractivity contribution in [1.29, 1.82) is 0 Å². The Bertz CT molecular complexity index is 1500. The van der Waals surface area contributed by atoms with Gasteiger partial charge in [-0.05, 0) is 82.4 Å². The molecule has 2 fully saturated rings. The quantitative estimate of drug-likeness (QED) is 0.404. The van der Waals surface area contributed by atoms with Crippen LogP contribution in [0.15, 0.2) is 34.8 Å². The van der Waals surface area contributed by atoms with E-state index in [4.69, 9.17) is 4.74 Å². The molecule has 0 spiro atoms. The molecule has 45 heavy (non-hydrogen) atoms. The van der Waals surface area contributed by atoms with Gasteiger partial charge in [0.05, 0.1) is 6.04 Å². The van der Waals surface area contributed by atoms with Crippen LogP contribution in [-0.2, 0) is 19.1 Å². The largest absolute Gasteiger partial charge is 0.479 e. The number of benzene rings is 1. The first-order chi connectivity index (χ1) is 21.3. The van der Waals surface area contributed by atoms with Crippen molar-refractivity contribution in [3.8, 4) is 11.4 Å². The summed E-state index contributed by atoms with van der Waals surface area (Å²) in [5, 5.41) is 28.6. The van der Waals surface area contributed by atoms with Crippen molar-refractivity contribution >= 4 is 39.8 Å². The first kappa shape index (κ1) is 32.6. The predicted octanol–water partition coefficient (Wildman–Crippen LogP) is 3.93. The number of nitrogens with zero attached hydrogens (tertiary/aromatic N) is 5. The maximum absolute atomic E-state index is 14.2. The van der Waals surface area contributed by atoms with Crippen molar-refractivity contribution in [2.45, 2.75) is 102 Å². The first-order valence-electron chi connectivity index (χ1n) is 15.4. The van der Waals surface area contributed by atoms with Crippen LogP contribution in [0.25, 0.3) is 11.4 Å². The van der Waals surface area contributed by atoms with Crippen molar-refractivity contribution in [2.75, 3.05) is 6.54 Å². The van der Waals surface area contributed by atoms with Gasteiger partial charge in [-0.2, -0.15) is 4.80 Å². The smallest absolute Gasteiger partial charge is 0.408 e. The molecule has 1 aromatic carbocycles. The van der Waals surface area contributed by atoms with E-state index in [-0.39, 0.29) is 25.3 Å². The number of nitrogens with one attached hydrogen (secondary N) is 2. The van der Waals surface area contributed by atoms with Gasteiger partial charge in [0, 0.05) is 28.9 Å². The molecule has 3 heterocycles. The molecule has 13 nitrogen and oxygen atoms in total. The molecule has 3 amide bonds. The summed E-state index contributed by atoms with van der Waals surface area (Å²) in [6, 6.07) is 3.23. The van der Waals surface area contributed by atoms with E-state index in [9.17, 15) is 24.3 Å². The van der Waals surface area contributed by atoms with E-state index in [0.29, 0.717) is 18.7 Å². The lowest BCUT2D eigenvalue weighted by molar-refractivity contribution is -0.145. The van der Waals surface area contributed by atoms with Gasteiger partial charge < -0.3 is 25.4 Å². The Balaban J connectivity index is 1.45. The summed E-state index contributed by atoms with van der Waals surface area (Å²) in [6.45, 7) is 7.24. The van der Waals surface area contributed by atoms with Gasteiger partial charge in [-0.15, -0.1) is 10.2 Å². The minimum atomic E-state index is -1.42. The fourth-order valence-corrected chi connectivity index (χ4v) is 6.22. The van der Waals surface area contributed by atoms with E-state index in [0.717, 1.165) is 34.9 Å². The van der Waals surface area contributed by atoms with Crippen molar-refractivity contribution < 1.29 is 29.0 Å². The van der Waals surface area contributed by atoms with E-state index >= 15 is 0 Å². The van der Waals surface area contributed by atoms with Gasteiger partial charge in [0.25, 0.3) is 0 Å². The molecule has 1 aromatic heterocycles. The molecule has 5 rings (SSSR count). The lowest BCUT2D eigenvalue weighted by Gasteiger charge is -2.30. The number of aryl methyl sites for hydroxylation is 1. The average molecular weight is 687 g/mol. The zero-order chi connectivity index (χ0) is 32.5. The van der Waals surface area contributed by atoms with Gasteiger partial charge in [-0.3, -0.25) is 9.59 Å². The molecule has 242 valence electrons. The third-order valence-electron chi connectivity index (χ3n) is 8.50. The van der Waals surface area contributed by atoms with Crippen molar-refractivity contribution in [1.82, 2.24) is 35.7 Å². The van der Waals surface area contributed by atoms with Gasteiger partial charge in [0.1, 0.15) is 23.2 Å². The van der Waals surface area contributed by atoms with Gasteiger partial charge in [-0.25, -0.2) is 9.59 Å². The number of amides is 3. The van der Waals surface area contributed by atoms with Gasteiger partial charge in [-0.1, -0.05) is 40.9 Å². The molecule has 3 aliphatic rings. The number of carbonyl (C=O) groups is 4. The molecular weight excluding hydrogens is 646 g/mol. The van der Waals surface area contributed by atoms with Crippen LogP contribution in [0.2, 0.25) is 0 Å². The van der Waals surface area contributed by atoms with Gasteiger partial charge in [0.15, 0.2) is 0 Å². The second-order valence-electron chi connectivity index (χ2n) is 13.1. The van der Waals surface area contributed by atoms with Crippen LogP contribution in [0.3, 0.4) is 0 Å². The summed E-state index contributed by atoms with van der Waals surface area (Å²) in [6.07, 6.45) is 6.94. The van der Waals surface area contributed by atoms with Crippen LogP contribution in [0.1, 0.15) is 77.3 Å². The Morgan fingerprint density at radius 3 is 2.69 bits per heavy atom. The maximum atomic E-state index is 14.2. The molecule has 2 aromatic rings. The lowest BCUT2D eigenvalue weighted by Crippen LogP contribution is -2.56. The van der Waals surface area contributed by atoms with Gasteiger partial charge >= 0.3 is 12.1 Å². The fourth-order valence-electron chi connectivity index (χ4n) is 5.97. The van der Waals surface area contributed by atoms with Crippen molar-refractivity contribution in [3.63, 3.8) is 0 Å². The summed E-state index contributed by atoms with van der Waals surface area (Å²) >= 11 is 3.50. The molecular formula is C31H40BrN7O6. The van der Waals surface area contributed by atoms with Crippen LogP contribution in [0.5, 0.6) is 0 Å².